The number of hydrogen-bond donors (Lipinski definition) is 0. The first-order valence-electron chi connectivity index (χ1n) is 11.7. The molecule has 4 heteroatoms. The summed E-state index contributed by atoms with van der Waals surface area (Å²) in [7, 11) is 0. The molecule has 0 atom stereocenters. The number of para-hydroxylation sites is 3. The fourth-order valence-corrected chi connectivity index (χ4v) is 7.01. The minimum atomic E-state index is 0.904. The van der Waals surface area contributed by atoms with Gasteiger partial charge in [0.15, 0.2) is 0 Å². The van der Waals surface area contributed by atoms with Crippen LogP contribution in [0.4, 0.5) is 0 Å². The van der Waals surface area contributed by atoms with Crippen molar-refractivity contribution < 1.29 is 4.42 Å². The van der Waals surface area contributed by atoms with Crippen molar-refractivity contribution in [2.75, 3.05) is 0 Å². The number of furan rings is 1. The first kappa shape index (κ1) is 18.0. The maximum atomic E-state index is 6.51. The molecule has 4 aromatic heterocycles. The molecule has 0 bridgehead atoms. The van der Waals surface area contributed by atoms with Gasteiger partial charge in [-0.2, -0.15) is 0 Å². The quantitative estimate of drug-likeness (QED) is 0.210. The molecule has 0 saturated carbocycles. The van der Waals surface area contributed by atoms with E-state index in [1.54, 1.807) is 0 Å². The van der Waals surface area contributed by atoms with E-state index in [0.29, 0.717) is 0 Å². The second-order valence-corrected chi connectivity index (χ2v) is 10.2. The number of hydrogen-bond acceptors (Lipinski definition) is 3. The molecule has 0 aliphatic carbocycles. The van der Waals surface area contributed by atoms with E-state index in [2.05, 4.69) is 89.3 Å². The topological polar surface area (TPSA) is 30.4 Å². The van der Waals surface area contributed by atoms with Gasteiger partial charge >= 0.3 is 0 Å². The fraction of sp³-hybridized carbons (Fsp3) is 0. The Morgan fingerprint density at radius 3 is 2.34 bits per heavy atom. The predicted octanol–water partition coefficient (Wildman–Crippen LogP) is 9.06. The summed E-state index contributed by atoms with van der Waals surface area (Å²) in [5, 5.41) is 8.31. The van der Waals surface area contributed by atoms with Gasteiger partial charge in [0.25, 0.3) is 0 Å². The van der Waals surface area contributed by atoms with Gasteiger partial charge in [0, 0.05) is 36.3 Å². The Bertz CT molecular complexity index is 2330. The Morgan fingerprint density at radius 1 is 0.600 bits per heavy atom. The Labute approximate surface area is 202 Å². The van der Waals surface area contributed by atoms with Crippen molar-refractivity contribution in [1.82, 2.24) is 9.38 Å². The standard InChI is InChI=1S/C31H16N2OS/c1-5-11-24-17(7-1)20-14-13-18-19-15-16-26-27(21-8-2-6-12-25(21)35-26)29(19)33-23-10-4-3-9-22(23)32-31(33)28(18)30(20)34-24/h1-16H. The summed E-state index contributed by atoms with van der Waals surface area (Å²) in [6, 6.07) is 34.4. The van der Waals surface area contributed by atoms with Gasteiger partial charge < -0.3 is 4.42 Å². The van der Waals surface area contributed by atoms with Crippen LogP contribution in [0, 0.1) is 0 Å². The number of thiophene rings is 1. The molecule has 0 N–H and O–H groups in total. The molecule has 3 nitrogen and oxygen atoms in total. The maximum Gasteiger partial charge on any atom is 0.150 e. The lowest BCUT2D eigenvalue weighted by Crippen LogP contribution is -1.92. The van der Waals surface area contributed by atoms with Crippen LogP contribution in [-0.2, 0) is 0 Å². The molecule has 0 aliphatic heterocycles. The Kier molecular flexibility index (Phi) is 3.17. The number of fused-ring (bicyclic) bond motifs is 16. The monoisotopic (exact) mass is 464 g/mol. The molecule has 0 saturated heterocycles. The highest BCUT2D eigenvalue weighted by Crippen LogP contribution is 2.44. The van der Waals surface area contributed by atoms with Crippen LogP contribution in [0.1, 0.15) is 0 Å². The van der Waals surface area contributed by atoms with Crippen LogP contribution in [0.2, 0.25) is 0 Å². The third-order valence-corrected chi connectivity index (χ3v) is 8.50. The number of rotatable bonds is 0. The third kappa shape index (κ3) is 2.14. The smallest absolute Gasteiger partial charge is 0.150 e. The molecule has 162 valence electrons. The van der Waals surface area contributed by atoms with Crippen molar-refractivity contribution >= 4 is 91.8 Å². The summed E-state index contributed by atoms with van der Waals surface area (Å²) >= 11 is 1.85. The molecule has 35 heavy (non-hydrogen) atoms. The van der Waals surface area contributed by atoms with E-state index >= 15 is 0 Å². The predicted molar refractivity (Wildman–Crippen MR) is 148 cm³/mol. The minimum Gasteiger partial charge on any atom is -0.455 e. The third-order valence-electron chi connectivity index (χ3n) is 7.36. The van der Waals surface area contributed by atoms with E-state index in [1.165, 1.54) is 36.5 Å². The maximum absolute atomic E-state index is 6.51. The van der Waals surface area contributed by atoms with Crippen molar-refractivity contribution in [3.63, 3.8) is 0 Å². The zero-order valence-corrected chi connectivity index (χ0v) is 19.3. The average Bonchev–Trinajstić information content (AvgIpc) is 3.59. The molecule has 0 unspecified atom stereocenters. The van der Waals surface area contributed by atoms with Crippen molar-refractivity contribution in [3.8, 4) is 0 Å². The van der Waals surface area contributed by atoms with Gasteiger partial charge in [0.2, 0.25) is 0 Å². The van der Waals surface area contributed by atoms with Gasteiger partial charge in [-0.25, -0.2) is 4.98 Å². The zero-order chi connectivity index (χ0) is 22.7. The SMILES string of the molecule is c1ccc2c(c1)nc1c3c(ccc4c5ccccc5oc43)c3ccc4sc5ccccc5c4c3n21. The van der Waals surface area contributed by atoms with Crippen LogP contribution in [0.15, 0.2) is 101 Å². The Balaban J connectivity index is 1.67. The van der Waals surface area contributed by atoms with Gasteiger partial charge in [0.1, 0.15) is 16.8 Å². The molecule has 0 spiro atoms. The van der Waals surface area contributed by atoms with Crippen LogP contribution in [0.5, 0.6) is 0 Å². The van der Waals surface area contributed by atoms with Crippen LogP contribution < -0.4 is 0 Å². The molecule has 0 amide bonds. The van der Waals surface area contributed by atoms with Crippen molar-refractivity contribution in [2.45, 2.75) is 0 Å². The van der Waals surface area contributed by atoms with Crippen LogP contribution >= 0.6 is 11.3 Å². The van der Waals surface area contributed by atoms with Gasteiger partial charge in [-0.05, 0) is 41.8 Å². The molecule has 0 radical (unpaired) electrons. The fourth-order valence-electron chi connectivity index (χ4n) is 5.90. The lowest BCUT2D eigenvalue weighted by Gasteiger charge is -2.11. The largest absolute Gasteiger partial charge is 0.455 e. The number of nitrogens with zero attached hydrogens (tertiary/aromatic N) is 2. The second kappa shape index (κ2) is 6.17. The van der Waals surface area contributed by atoms with E-state index in [1.807, 2.05) is 23.5 Å². The van der Waals surface area contributed by atoms with Crippen LogP contribution in [0.25, 0.3) is 80.5 Å². The average molecular weight is 465 g/mol. The summed E-state index contributed by atoms with van der Waals surface area (Å²) in [4.78, 5) is 5.19. The van der Waals surface area contributed by atoms with Crippen molar-refractivity contribution in [3.05, 3.63) is 97.1 Å². The van der Waals surface area contributed by atoms with E-state index in [0.717, 1.165) is 44.0 Å². The first-order chi connectivity index (χ1) is 17.4. The molecular formula is C31H16N2OS. The Hall–Kier alpha value is -4.41. The number of pyridine rings is 1. The molecule has 9 aromatic rings. The lowest BCUT2D eigenvalue weighted by molar-refractivity contribution is 0.673. The Morgan fingerprint density at radius 2 is 1.37 bits per heavy atom. The number of imidazole rings is 1. The van der Waals surface area contributed by atoms with E-state index in [9.17, 15) is 0 Å². The highest BCUT2D eigenvalue weighted by molar-refractivity contribution is 7.26. The normalized spacial score (nSPS) is 12.6. The van der Waals surface area contributed by atoms with Crippen LogP contribution in [-0.4, -0.2) is 9.38 Å². The van der Waals surface area contributed by atoms with Crippen molar-refractivity contribution in [2.24, 2.45) is 0 Å². The number of aromatic nitrogens is 2. The number of benzene rings is 5. The van der Waals surface area contributed by atoms with Crippen LogP contribution in [0.3, 0.4) is 0 Å². The summed E-state index contributed by atoms with van der Waals surface area (Å²) in [6.07, 6.45) is 0. The zero-order valence-electron chi connectivity index (χ0n) is 18.4. The highest BCUT2D eigenvalue weighted by atomic mass is 32.1. The molecule has 0 aliphatic rings. The molecular weight excluding hydrogens is 448 g/mol. The van der Waals surface area contributed by atoms with E-state index < -0.39 is 0 Å². The summed E-state index contributed by atoms with van der Waals surface area (Å²) in [5.41, 5.74) is 6.08. The van der Waals surface area contributed by atoms with Gasteiger partial charge in [-0.15, -0.1) is 11.3 Å². The summed E-state index contributed by atoms with van der Waals surface area (Å²) < 4.78 is 11.5. The molecule has 5 aromatic carbocycles. The second-order valence-electron chi connectivity index (χ2n) is 9.16. The molecule has 0 fully saturated rings. The van der Waals surface area contributed by atoms with Gasteiger partial charge in [-0.3, -0.25) is 4.40 Å². The van der Waals surface area contributed by atoms with E-state index in [-0.39, 0.29) is 0 Å². The van der Waals surface area contributed by atoms with Gasteiger partial charge in [0.05, 0.1) is 21.9 Å². The molecule has 9 rings (SSSR count). The van der Waals surface area contributed by atoms with Gasteiger partial charge in [-0.1, -0.05) is 60.7 Å². The minimum absolute atomic E-state index is 0.904. The summed E-state index contributed by atoms with van der Waals surface area (Å²) in [5.74, 6) is 0. The highest BCUT2D eigenvalue weighted by Gasteiger charge is 2.21. The van der Waals surface area contributed by atoms with E-state index in [4.69, 9.17) is 9.40 Å². The summed E-state index contributed by atoms with van der Waals surface area (Å²) in [6.45, 7) is 0. The first-order valence-corrected chi connectivity index (χ1v) is 12.6. The molecule has 4 heterocycles. The van der Waals surface area contributed by atoms with Crippen molar-refractivity contribution in [1.29, 1.82) is 0 Å². The lowest BCUT2D eigenvalue weighted by atomic mass is 10.0.